The number of aliphatic hydroxyl groups is 1. The highest BCUT2D eigenvalue weighted by atomic mass is 16.5. The maximum Gasteiger partial charge on any atom is 0.295 e. The third kappa shape index (κ3) is 4.52. The molecule has 31 heavy (non-hydrogen) atoms. The van der Waals surface area contributed by atoms with Crippen molar-refractivity contribution in [2.24, 2.45) is 0 Å². The highest BCUT2D eigenvalue weighted by Crippen LogP contribution is 2.39. The molecule has 2 fully saturated rings. The van der Waals surface area contributed by atoms with Crippen molar-refractivity contribution in [3.05, 3.63) is 71.1 Å². The van der Waals surface area contributed by atoms with Crippen molar-refractivity contribution in [3.63, 3.8) is 0 Å². The highest BCUT2D eigenvalue weighted by Gasteiger charge is 2.46. The first-order valence-corrected chi connectivity index (χ1v) is 10.7. The molecule has 1 aromatic heterocycles. The van der Waals surface area contributed by atoms with Crippen LogP contribution in [0.2, 0.25) is 0 Å². The predicted octanol–water partition coefficient (Wildman–Crippen LogP) is 1.12. The van der Waals surface area contributed by atoms with Crippen molar-refractivity contribution in [2.75, 3.05) is 39.4 Å². The second kappa shape index (κ2) is 9.41. The van der Waals surface area contributed by atoms with Crippen LogP contribution in [0.4, 0.5) is 0 Å². The third-order valence-electron chi connectivity index (χ3n) is 5.99. The second-order valence-corrected chi connectivity index (χ2v) is 8.11. The number of ether oxygens (including phenoxy) is 1. The van der Waals surface area contributed by atoms with Crippen molar-refractivity contribution >= 4 is 17.4 Å². The van der Waals surface area contributed by atoms with Gasteiger partial charge in [0, 0.05) is 30.9 Å². The zero-order valence-electron chi connectivity index (χ0n) is 17.7. The number of aryl methyl sites for hydroxylation is 1. The van der Waals surface area contributed by atoms with Gasteiger partial charge in [-0.15, -0.1) is 0 Å². The molecule has 0 unspecified atom stereocenters. The lowest BCUT2D eigenvalue weighted by atomic mass is 9.96. The zero-order chi connectivity index (χ0) is 21.8. The van der Waals surface area contributed by atoms with E-state index in [4.69, 9.17) is 4.74 Å². The summed E-state index contributed by atoms with van der Waals surface area (Å²) in [6.07, 6.45) is 4.07. The van der Waals surface area contributed by atoms with Crippen LogP contribution in [0.1, 0.15) is 29.2 Å². The lowest BCUT2D eigenvalue weighted by molar-refractivity contribution is -0.908. The molecule has 1 amide bonds. The summed E-state index contributed by atoms with van der Waals surface area (Å²) in [6.45, 7) is 6.73. The second-order valence-electron chi connectivity index (χ2n) is 8.11. The zero-order valence-corrected chi connectivity index (χ0v) is 17.7. The average molecular weight is 423 g/mol. The Morgan fingerprint density at radius 2 is 1.94 bits per heavy atom. The van der Waals surface area contributed by atoms with Gasteiger partial charge in [-0.2, -0.15) is 0 Å². The fraction of sp³-hybridized carbons (Fsp3) is 0.375. The van der Waals surface area contributed by atoms with Crippen LogP contribution in [0.15, 0.2) is 54.4 Å². The Labute approximate surface area is 182 Å². The van der Waals surface area contributed by atoms with Gasteiger partial charge in [0.05, 0.1) is 31.4 Å². The van der Waals surface area contributed by atoms with Crippen LogP contribution in [0.25, 0.3) is 5.76 Å². The van der Waals surface area contributed by atoms with Gasteiger partial charge in [0.2, 0.25) is 0 Å². The number of quaternary nitrogens is 1. The summed E-state index contributed by atoms with van der Waals surface area (Å²) in [5.41, 5.74) is 2.41. The summed E-state index contributed by atoms with van der Waals surface area (Å²) in [7, 11) is 0. The van der Waals surface area contributed by atoms with Crippen molar-refractivity contribution in [1.29, 1.82) is 0 Å². The normalized spacial score (nSPS) is 21.6. The standard InChI is InChI=1S/C24H27N3O4/c1-17-5-7-18(8-6-17)22(28)20-21(19-4-2-9-25-16-19)27(24(30)23(20)29)11-3-10-26-12-14-31-15-13-26/h2,4-9,16,21,28H,3,10-15H2,1H3/p+1/t21-/m0/s1. The molecule has 2 aromatic rings. The molecule has 7 nitrogen and oxygen atoms in total. The van der Waals surface area contributed by atoms with Gasteiger partial charge in [0.25, 0.3) is 11.7 Å². The maximum atomic E-state index is 13.0. The molecule has 1 atom stereocenters. The minimum Gasteiger partial charge on any atom is -0.507 e. The van der Waals surface area contributed by atoms with Gasteiger partial charge in [0.15, 0.2) is 0 Å². The number of nitrogens with one attached hydrogen (secondary N) is 1. The largest absolute Gasteiger partial charge is 0.507 e. The average Bonchev–Trinajstić information content (AvgIpc) is 3.05. The maximum absolute atomic E-state index is 13.0. The first-order chi connectivity index (χ1) is 15.1. The van der Waals surface area contributed by atoms with Crippen LogP contribution in [0, 0.1) is 6.92 Å². The summed E-state index contributed by atoms with van der Waals surface area (Å²) in [6, 6.07) is 10.2. The summed E-state index contributed by atoms with van der Waals surface area (Å²) in [5, 5.41) is 11.0. The molecule has 3 heterocycles. The molecule has 2 aliphatic rings. The first-order valence-electron chi connectivity index (χ1n) is 10.7. The van der Waals surface area contributed by atoms with Crippen molar-refractivity contribution in [3.8, 4) is 0 Å². The fourth-order valence-electron chi connectivity index (χ4n) is 4.27. The van der Waals surface area contributed by atoms with Crippen LogP contribution >= 0.6 is 0 Å². The van der Waals surface area contributed by atoms with Crippen LogP contribution in [0.3, 0.4) is 0 Å². The minimum absolute atomic E-state index is 0.126. The van der Waals surface area contributed by atoms with Crippen LogP contribution < -0.4 is 4.90 Å². The van der Waals surface area contributed by atoms with E-state index >= 15 is 0 Å². The van der Waals surface area contributed by atoms with Crippen LogP contribution in [-0.4, -0.2) is 66.1 Å². The van der Waals surface area contributed by atoms with E-state index in [2.05, 4.69) is 4.98 Å². The molecule has 0 spiro atoms. The number of hydrogen-bond donors (Lipinski definition) is 2. The molecule has 7 heteroatoms. The number of rotatable bonds is 6. The minimum atomic E-state index is -0.648. The number of benzene rings is 1. The molecular weight excluding hydrogens is 394 g/mol. The van der Waals surface area contributed by atoms with E-state index in [1.807, 2.05) is 25.1 Å². The number of amides is 1. The quantitative estimate of drug-likeness (QED) is 0.414. The summed E-state index contributed by atoms with van der Waals surface area (Å²) in [4.78, 5) is 33.2. The Morgan fingerprint density at radius 3 is 2.61 bits per heavy atom. The Morgan fingerprint density at radius 1 is 1.19 bits per heavy atom. The Balaban J connectivity index is 1.64. The monoisotopic (exact) mass is 422 g/mol. The van der Waals surface area contributed by atoms with Gasteiger partial charge < -0.3 is 19.6 Å². The van der Waals surface area contributed by atoms with Gasteiger partial charge in [-0.1, -0.05) is 35.9 Å². The molecule has 0 bridgehead atoms. The van der Waals surface area contributed by atoms with E-state index in [1.165, 1.54) is 4.90 Å². The van der Waals surface area contributed by atoms with E-state index in [0.717, 1.165) is 44.8 Å². The molecule has 0 aliphatic carbocycles. The van der Waals surface area contributed by atoms with Gasteiger partial charge in [-0.05, 0) is 18.6 Å². The van der Waals surface area contributed by atoms with Crippen LogP contribution in [-0.2, 0) is 14.3 Å². The van der Waals surface area contributed by atoms with E-state index in [0.29, 0.717) is 17.7 Å². The number of hydrogen-bond acceptors (Lipinski definition) is 5. The molecule has 0 saturated carbocycles. The third-order valence-corrected chi connectivity index (χ3v) is 5.99. The Hall–Kier alpha value is -3.03. The molecule has 2 aliphatic heterocycles. The fourth-order valence-corrected chi connectivity index (χ4v) is 4.27. The summed E-state index contributed by atoms with van der Waals surface area (Å²) >= 11 is 0. The Bertz CT molecular complexity index is 966. The van der Waals surface area contributed by atoms with E-state index in [1.54, 1.807) is 35.5 Å². The number of Topliss-reactive ketones (excluding diaryl/α,β-unsaturated/α-hetero) is 1. The van der Waals surface area contributed by atoms with Crippen LogP contribution in [0.5, 0.6) is 0 Å². The number of ketones is 1. The van der Waals surface area contributed by atoms with Crippen molar-refractivity contribution < 1.29 is 24.3 Å². The first kappa shape index (κ1) is 21.2. The molecule has 0 radical (unpaired) electrons. The number of likely N-dealkylation sites (tertiary alicyclic amines) is 1. The molecule has 2 N–H and O–H groups in total. The van der Waals surface area contributed by atoms with Gasteiger partial charge in [-0.25, -0.2) is 0 Å². The molecule has 4 rings (SSSR count). The van der Waals surface area contributed by atoms with Gasteiger partial charge >= 0.3 is 0 Å². The summed E-state index contributed by atoms with van der Waals surface area (Å²) < 4.78 is 5.40. The molecular formula is C24H28N3O4+. The number of carbonyl (C=O) groups is 2. The summed E-state index contributed by atoms with van der Waals surface area (Å²) in [5.74, 6) is -1.36. The van der Waals surface area contributed by atoms with E-state index in [-0.39, 0.29) is 11.3 Å². The predicted molar refractivity (Wildman–Crippen MR) is 115 cm³/mol. The van der Waals surface area contributed by atoms with Gasteiger partial charge in [-0.3, -0.25) is 14.6 Å². The van der Waals surface area contributed by atoms with Crippen molar-refractivity contribution in [2.45, 2.75) is 19.4 Å². The molecule has 1 aromatic carbocycles. The smallest absolute Gasteiger partial charge is 0.295 e. The topological polar surface area (TPSA) is 84.2 Å². The lowest BCUT2D eigenvalue weighted by Gasteiger charge is -2.27. The number of morpholine rings is 1. The highest BCUT2D eigenvalue weighted by molar-refractivity contribution is 6.46. The van der Waals surface area contributed by atoms with E-state index in [9.17, 15) is 14.7 Å². The van der Waals surface area contributed by atoms with Gasteiger partial charge in [0.1, 0.15) is 18.8 Å². The van der Waals surface area contributed by atoms with E-state index < -0.39 is 17.7 Å². The number of aromatic nitrogens is 1. The number of aliphatic hydroxyl groups excluding tert-OH is 1. The SMILES string of the molecule is Cc1ccc(C(O)=C2C(=O)C(=O)N(CCC[NH+]3CCOCC3)[C@H]2c2cccnc2)cc1. The lowest BCUT2D eigenvalue weighted by Crippen LogP contribution is -3.14. The Kier molecular flexibility index (Phi) is 6.44. The molecule has 162 valence electrons. The number of carbonyl (C=O) groups excluding carboxylic acids is 2. The van der Waals surface area contributed by atoms with Crippen molar-refractivity contribution in [1.82, 2.24) is 9.88 Å². The number of pyridine rings is 1. The number of nitrogens with zero attached hydrogens (tertiary/aromatic N) is 2. The molecule has 2 saturated heterocycles.